The van der Waals surface area contributed by atoms with Crippen LogP contribution >= 0.6 is 31.9 Å². The number of aromatic nitrogens is 1. The van der Waals surface area contributed by atoms with E-state index in [1.54, 1.807) is 0 Å². The van der Waals surface area contributed by atoms with Crippen LogP contribution < -0.4 is 4.74 Å². The number of nitrogens with one attached hydrogen (secondary N) is 1. The Kier molecular flexibility index (Phi) is 5.44. The third-order valence-electron chi connectivity index (χ3n) is 3.86. The molecule has 0 unspecified atom stereocenters. The highest BCUT2D eigenvalue weighted by Gasteiger charge is 2.10. The Hall–Kier alpha value is -1.26. The summed E-state index contributed by atoms with van der Waals surface area (Å²) < 4.78 is 7.83. The maximum Gasteiger partial charge on any atom is 0.155 e. The molecule has 1 radical (unpaired) electrons. The Bertz CT molecular complexity index is 790. The van der Waals surface area contributed by atoms with Gasteiger partial charge in [0.15, 0.2) is 5.75 Å². The van der Waals surface area contributed by atoms with Crippen LogP contribution in [0.25, 0.3) is 10.9 Å². The van der Waals surface area contributed by atoms with Gasteiger partial charge < -0.3 is 9.72 Å². The van der Waals surface area contributed by atoms with Crippen LogP contribution in [0.2, 0.25) is 0 Å². The van der Waals surface area contributed by atoms with Gasteiger partial charge in [-0.25, -0.2) is 0 Å². The first kappa shape index (κ1) is 16.6. The van der Waals surface area contributed by atoms with Gasteiger partial charge in [0.25, 0.3) is 0 Å². The van der Waals surface area contributed by atoms with Gasteiger partial charge in [-0.1, -0.05) is 19.8 Å². The lowest BCUT2D eigenvalue weighted by atomic mass is 10.1. The highest BCUT2D eigenvalue weighted by molar-refractivity contribution is 9.11. The average Bonchev–Trinajstić information content (AvgIpc) is 2.94. The monoisotopic (exact) mass is 434 g/mol. The minimum Gasteiger partial charge on any atom is -0.455 e. The van der Waals surface area contributed by atoms with Gasteiger partial charge in [0.1, 0.15) is 5.75 Å². The first-order valence-electron chi connectivity index (χ1n) is 7.82. The fourth-order valence-corrected chi connectivity index (χ4v) is 3.76. The van der Waals surface area contributed by atoms with E-state index in [0.29, 0.717) is 0 Å². The van der Waals surface area contributed by atoms with Crippen LogP contribution in [0.1, 0.15) is 31.7 Å². The summed E-state index contributed by atoms with van der Waals surface area (Å²) >= 11 is 7.02. The van der Waals surface area contributed by atoms with Gasteiger partial charge in [0.05, 0.1) is 8.95 Å². The fourth-order valence-electron chi connectivity index (χ4n) is 2.64. The Balaban J connectivity index is 1.88. The molecule has 0 aliphatic carbocycles. The van der Waals surface area contributed by atoms with Crippen molar-refractivity contribution in [3.63, 3.8) is 0 Å². The van der Waals surface area contributed by atoms with Crippen LogP contribution in [0.4, 0.5) is 0 Å². The summed E-state index contributed by atoms with van der Waals surface area (Å²) in [6.07, 6.45) is 6.95. The molecule has 0 saturated heterocycles. The van der Waals surface area contributed by atoms with Crippen molar-refractivity contribution >= 4 is 42.8 Å². The number of halogens is 2. The Labute approximate surface area is 153 Å². The Morgan fingerprint density at radius 2 is 1.91 bits per heavy atom. The van der Waals surface area contributed by atoms with Gasteiger partial charge in [-0.05, 0) is 86.7 Å². The largest absolute Gasteiger partial charge is 0.455 e. The van der Waals surface area contributed by atoms with Crippen LogP contribution in [0.5, 0.6) is 11.5 Å². The van der Waals surface area contributed by atoms with Gasteiger partial charge in [-0.2, -0.15) is 0 Å². The van der Waals surface area contributed by atoms with Crippen LogP contribution in [0.3, 0.4) is 0 Å². The van der Waals surface area contributed by atoms with E-state index in [4.69, 9.17) is 4.74 Å². The molecular weight excluding hydrogens is 418 g/mol. The number of H-pyrrole nitrogens is 1. The zero-order chi connectivity index (χ0) is 16.2. The van der Waals surface area contributed by atoms with Gasteiger partial charge in [0.2, 0.25) is 0 Å². The number of ether oxygens (including phenoxy) is 1. The van der Waals surface area contributed by atoms with E-state index < -0.39 is 0 Å². The van der Waals surface area contributed by atoms with Crippen molar-refractivity contribution in [2.75, 3.05) is 0 Å². The molecule has 23 heavy (non-hydrogen) atoms. The van der Waals surface area contributed by atoms with Crippen molar-refractivity contribution in [3.05, 3.63) is 57.1 Å². The van der Waals surface area contributed by atoms with Crippen molar-refractivity contribution in [3.8, 4) is 11.5 Å². The number of aryl methyl sites for hydroxylation is 1. The zero-order valence-electron chi connectivity index (χ0n) is 13.0. The first-order chi connectivity index (χ1) is 11.2. The number of hydrogen-bond donors (Lipinski definition) is 1. The van der Waals surface area contributed by atoms with Crippen LogP contribution in [0.15, 0.2) is 45.5 Å². The van der Waals surface area contributed by atoms with E-state index >= 15 is 0 Å². The number of hydrogen-bond acceptors (Lipinski definition) is 1. The maximum absolute atomic E-state index is 6.07. The molecule has 1 aromatic heterocycles. The van der Waals surface area contributed by atoms with Crippen molar-refractivity contribution in [2.45, 2.75) is 32.6 Å². The van der Waals surface area contributed by atoms with Crippen molar-refractivity contribution in [2.24, 2.45) is 0 Å². The molecule has 3 aromatic rings. The molecule has 2 nitrogen and oxygen atoms in total. The molecule has 0 saturated carbocycles. The van der Waals surface area contributed by atoms with E-state index in [-0.39, 0.29) is 0 Å². The quantitative estimate of drug-likeness (QED) is 0.413. The SMILES string of the molecule is CCCCCc1c[nH]c2ccc(Oc3c(Br)c[c]cc3Br)cc12. The molecule has 4 heteroatoms. The van der Waals surface area contributed by atoms with Gasteiger partial charge in [0, 0.05) is 17.1 Å². The van der Waals surface area contributed by atoms with Gasteiger partial charge in [-0.3, -0.25) is 0 Å². The standard InChI is InChI=1S/C19H18Br2NO/c1-2-3-4-6-13-12-22-18-10-9-14(11-15(13)18)23-19-16(20)7-5-8-17(19)21/h7-12,22H,2-4,6H2,1H3. The Morgan fingerprint density at radius 3 is 2.65 bits per heavy atom. The number of benzene rings is 2. The summed E-state index contributed by atoms with van der Waals surface area (Å²) in [5.41, 5.74) is 2.52. The fraction of sp³-hybridized carbons (Fsp3) is 0.263. The molecular formula is C19H18Br2NO. The smallest absolute Gasteiger partial charge is 0.155 e. The second-order valence-electron chi connectivity index (χ2n) is 5.56. The molecule has 2 aromatic carbocycles. The molecule has 0 aliphatic heterocycles. The van der Waals surface area contributed by atoms with E-state index in [2.05, 4.69) is 68.2 Å². The topological polar surface area (TPSA) is 25.0 Å². The molecule has 0 aliphatic rings. The van der Waals surface area contributed by atoms with E-state index in [0.717, 1.165) is 32.4 Å². The predicted molar refractivity (Wildman–Crippen MR) is 102 cm³/mol. The lowest BCUT2D eigenvalue weighted by molar-refractivity contribution is 0.477. The molecule has 0 amide bonds. The minimum atomic E-state index is 0.770. The summed E-state index contributed by atoms with van der Waals surface area (Å²) in [6, 6.07) is 12.9. The molecule has 0 fully saturated rings. The lowest BCUT2D eigenvalue weighted by Crippen LogP contribution is -1.88. The lowest BCUT2D eigenvalue weighted by Gasteiger charge is -2.10. The molecule has 1 N–H and O–H groups in total. The predicted octanol–water partition coefficient (Wildman–Crippen LogP) is 7.02. The van der Waals surface area contributed by atoms with E-state index in [1.165, 1.54) is 30.2 Å². The summed E-state index contributed by atoms with van der Waals surface area (Å²) in [6.45, 7) is 2.23. The molecule has 119 valence electrons. The van der Waals surface area contributed by atoms with E-state index in [1.807, 2.05) is 18.2 Å². The van der Waals surface area contributed by atoms with E-state index in [9.17, 15) is 0 Å². The highest BCUT2D eigenvalue weighted by atomic mass is 79.9. The first-order valence-corrected chi connectivity index (χ1v) is 9.40. The molecule has 1 heterocycles. The van der Waals surface area contributed by atoms with Crippen molar-refractivity contribution < 1.29 is 4.74 Å². The third-order valence-corrected chi connectivity index (χ3v) is 5.04. The van der Waals surface area contributed by atoms with Crippen LogP contribution in [-0.2, 0) is 6.42 Å². The second-order valence-corrected chi connectivity index (χ2v) is 7.27. The third kappa shape index (κ3) is 3.81. The highest BCUT2D eigenvalue weighted by Crippen LogP contribution is 2.37. The Morgan fingerprint density at radius 1 is 1.13 bits per heavy atom. The second kappa shape index (κ2) is 7.54. The van der Waals surface area contributed by atoms with Gasteiger partial charge in [-0.15, -0.1) is 0 Å². The van der Waals surface area contributed by atoms with Crippen LogP contribution in [-0.4, -0.2) is 4.98 Å². The van der Waals surface area contributed by atoms with Crippen LogP contribution in [0, 0.1) is 6.07 Å². The number of rotatable bonds is 6. The summed E-state index contributed by atoms with van der Waals surface area (Å²) in [4.78, 5) is 3.35. The molecule has 0 bridgehead atoms. The van der Waals surface area contributed by atoms with Gasteiger partial charge >= 0.3 is 0 Å². The average molecular weight is 436 g/mol. The molecule has 3 rings (SSSR count). The summed E-state index contributed by atoms with van der Waals surface area (Å²) in [7, 11) is 0. The van der Waals surface area contributed by atoms with Crippen molar-refractivity contribution in [1.29, 1.82) is 0 Å². The number of unbranched alkanes of at least 4 members (excludes halogenated alkanes) is 2. The number of fused-ring (bicyclic) bond motifs is 1. The summed E-state index contributed by atoms with van der Waals surface area (Å²) in [5.74, 6) is 1.60. The minimum absolute atomic E-state index is 0.770. The number of aromatic amines is 1. The maximum atomic E-state index is 6.07. The molecule has 0 atom stereocenters. The normalized spacial score (nSPS) is 11.1. The van der Waals surface area contributed by atoms with Crippen molar-refractivity contribution in [1.82, 2.24) is 4.98 Å². The zero-order valence-corrected chi connectivity index (χ0v) is 16.1. The molecule has 0 spiro atoms. The summed E-state index contributed by atoms with van der Waals surface area (Å²) in [5, 5.41) is 1.24.